The van der Waals surface area contributed by atoms with Gasteiger partial charge in [0.25, 0.3) is 0 Å². The van der Waals surface area contributed by atoms with Gasteiger partial charge in [0.15, 0.2) is 6.39 Å². The van der Waals surface area contributed by atoms with Crippen LogP contribution in [-0.4, -0.2) is 16.7 Å². The van der Waals surface area contributed by atoms with Gasteiger partial charge >= 0.3 is 0 Å². The van der Waals surface area contributed by atoms with Gasteiger partial charge in [-0.25, -0.2) is 4.98 Å². The van der Waals surface area contributed by atoms with Crippen molar-refractivity contribution in [1.29, 1.82) is 0 Å². The number of benzene rings is 1. The highest BCUT2D eigenvalue weighted by atomic mass is 16.3. The van der Waals surface area contributed by atoms with Crippen molar-refractivity contribution >= 4 is 0 Å². The normalized spacial score (nSPS) is 12.8. The molecule has 0 spiro atoms. The first-order chi connectivity index (χ1) is 10.2. The lowest BCUT2D eigenvalue weighted by Gasteiger charge is -2.19. The van der Waals surface area contributed by atoms with Crippen LogP contribution in [0.5, 0.6) is 0 Å². The summed E-state index contributed by atoms with van der Waals surface area (Å²) in [5, 5.41) is 12.6. The van der Waals surface area contributed by atoms with Gasteiger partial charge in [-0.15, -0.1) is 0 Å². The van der Waals surface area contributed by atoms with Crippen LogP contribution in [0.3, 0.4) is 0 Å². The summed E-state index contributed by atoms with van der Waals surface area (Å²) in [4.78, 5) is 4.30. The summed E-state index contributed by atoms with van der Waals surface area (Å²) < 4.78 is 5.45. The topological polar surface area (TPSA) is 58.3 Å². The number of aromatic nitrogens is 1. The number of hydrogen-bond acceptors (Lipinski definition) is 4. The van der Waals surface area contributed by atoms with Gasteiger partial charge in [-0.1, -0.05) is 44.2 Å². The zero-order chi connectivity index (χ0) is 15.1. The lowest BCUT2D eigenvalue weighted by molar-refractivity contribution is 0.274. The minimum Gasteiger partial charge on any atom is -0.448 e. The molecule has 21 heavy (non-hydrogen) atoms. The molecule has 0 amide bonds. The maximum absolute atomic E-state index is 9.08. The molecule has 2 rings (SSSR count). The van der Waals surface area contributed by atoms with E-state index in [2.05, 4.69) is 36.3 Å². The molecule has 2 N–H and O–H groups in total. The molecule has 4 heteroatoms. The minimum atomic E-state index is 0.215. The van der Waals surface area contributed by atoms with Gasteiger partial charge in [0.05, 0.1) is 5.69 Å². The average molecular weight is 288 g/mol. The van der Waals surface area contributed by atoms with Crippen LogP contribution in [0.2, 0.25) is 0 Å². The average Bonchev–Trinajstić information content (AvgIpc) is 2.97. The summed E-state index contributed by atoms with van der Waals surface area (Å²) in [7, 11) is 0. The van der Waals surface area contributed by atoms with Crippen LogP contribution in [0.4, 0.5) is 0 Å². The van der Waals surface area contributed by atoms with Gasteiger partial charge in [-0.05, 0) is 18.4 Å². The second kappa shape index (κ2) is 7.96. The van der Waals surface area contributed by atoms with Crippen LogP contribution in [0.25, 0.3) is 0 Å². The Morgan fingerprint density at radius 1 is 1.24 bits per heavy atom. The molecule has 0 saturated carbocycles. The first kappa shape index (κ1) is 15.7. The number of rotatable bonds is 8. The molecular formula is C17H24N2O2. The number of oxazole rings is 1. The van der Waals surface area contributed by atoms with Gasteiger partial charge < -0.3 is 14.8 Å². The Bertz CT molecular complexity index is 523. The van der Waals surface area contributed by atoms with E-state index in [4.69, 9.17) is 9.52 Å². The molecule has 0 bridgehead atoms. The molecule has 0 aliphatic rings. The fourth-order valence-electron chi connectivity index (χ4n) is 2.47. The predicted molar refractivity (Wildman–Crippen MR) is 82.9 cm³/mol. The fraction of sp³-hybridized carbons (Fsp3) is 0.471. The van der Waals surface area contributed by atoms with E-state index in [-0.39, 0.29) is 12.6 Å². The van der Waals surface area contributed by atoms with Crippen LogP contribution in [-0.2, 0) is 6.54 Å². The van der Waals surface area contributed by atoms with Gasteiger partial charge in [-0.3, -0.25) is 0 Å². The zero-order valence-electron chi connectivity index (χ0n) is 12.7. The molecule has 1 aromatic carbocycles. The number of hydrogen-bond donors (Lipinski definition) is 2. The van der Waals surface area contributed by atoms with E-state index >= 15 is 0 Å². The van der Waals surface area contributed by atoms with E-state index in [0.717, 1.165) is 24.3 Å². The van der Waals surface area contributed by atoms with Gasteiger partial charge in [0.1, 0.15) is 5.76 Å². The van der Waals surface area contributed by atoms with Crippen molar-refractivity contribution in [1.82, 2.24) is 10.3 Å². The molecule has 1 heterocycles. The Hall–Kier alpha value is -1.65. The maximum Gasteiger partial charge on any atom is 0.181 e. The first-order valence-electron chi connectivity index (χ1n) is 7.53. The Morgan fingerprint density at radius 3 is 2.67 bits per heavy atom. The summed E-state index contributed by atoms with van der Waals surface area (Å²) >= 11 is 0. The minimum absolute atomic E-state index is 0.215. The van der Waals surface area contributed by atoms with Crippen LogP contribution >= 0.6 is 0 Å². The van der Waals surface area contributed by atoms with Crippen LogP contribution in [0.15, 0.2) is 41.1 Å². The van der Waals surface area contributed by atoms with Gasteiger partial charge in [0.2, 0.25) is 0 Å². The van der Waals surface area contributed by atoms with Crippen LogP contribution < -0.4 is 5.32 Å². The van der Waals surface area contributed by atoms with Crippen molar-refractivity contribution in [3.63, 3.8) is 0 Å². The second-order valence-corrected chi connectivity index (χ2v) is 5.53. The summed E-state index contributed by atoms with van der Waals surface area (Å²) in [6.07, 6.45) is 3.19. The molecule has 0 aliphatic heterocycles. The van der Waals surface area contributed by atoms with Gasteiger partial charge in [0, 0.05) is 25.1 Å². The largest absolute Gasteiger partial charge is 0.448 e. The second-order valence-electron chi connectivity index (χ2n) is 5.53. The first-order valence-corrected chi connectivity index (χ1v) is 7.53. The molecule has 1 aromatic heterocycles. The molecule has 114 valence electrons. The van der Waals surface area contributed by atoms with Crippen molar-refractivity contribution in [3.8, 4) is 0 Å². The highest BCUT2D eigenvalue weighted by molar-refractivity contribution is 5.19. The number of aliphatic hydroxyl groups is 1. The summed E-state index contributed by atoms with van der Waals surface area (Å²) in [6.45, 7) is 5.09. The fourth-order valence-corrected chi connectivity index (χ4v) is 2.47. The SMILES string of the molecule is CC(C)c1ocnc1CNC(CCCO)c1ccccc1. The molecule has 0 saturated heterocycles. The van der Waals surface area contributed by atoms with E-state index in [1.807, 2.05) is 18.2 Å². The third kappa shape index (κ3) is 4.41. The maximum atomic E-state index is 9.08. The monoisotopic (exact) mass is 288 g/mol. The molecular weight excluding hydrogens is 264 g/mol. The quantitative estimate of drug-likeness (QED) is 0.781. The van der Waals surface area contributed by atoms with Crippen LogP contribution in [0, 0.1) is 0 Å². The number of aliphatic hydroxyl groups excluding tert-OH is 1. The summed E-state index contributed by atoms with van der Waals surface area (Å²) in [6, 6.07) is 10.5. The standard InChI is InChI=1S/C17H24N2O2/c1-13(2)17-16(19-12-21-17)11-18-15(9-6-10-20)14-7-4-3-5-8-14/h3-5,7-8,12-13,15,18,20H,6,9-11H2,1-2H3. The van der Waals surface area contributed by atoms with Crippen molar-refractivity contribution in [2.24, 2.45) is 0 Å². The molecule has 2 aromatic rings. The summed E-state index contributed by atoms with van der Waals surface area (Å²) in [5.74, 6) is 1.27. The number of nitrogens with one attached hydrogen (secondary N) is 1. The molecule has 4 nitrogen and oxygen atoms in total. The smallest absolute Gasteiger partial charge is 0.181 e. The van der Waals surface area contributed by atoms with Crippen molar-refractivity contribution in [2.45, 2.75) is 45.2 Å². The van der Waals surface area contributed by atoms with Gasteiger partial charge in [-0.2, -0.15) is 0 Å². The predicted octanol–water partition coefficient (Wildman–Crippen LogP) is 3.40. The van der Waals surface area contributed by atoms with Crippen molar-refractivity contribution in [2.75, 3.05) is 6.61 Å². The lowest BCUT2D eigenvalue weighted by atomic mass is 10.0. The third-order valence-electron chi connectivity index (χ3n) is 3.57. The highest BCUT2D eigenvalue weighted by Crippen LogP contribution is 2.21. The van der Waals surface area contributed by atoms with Crippen LogP contribution in [0.1, 0.15) is 55.7 Å². The van der Waals surface area contributed by atoms with Crippen molar-refractivity contribution < 1.29 is 9.52 Å². The lowest BCUT2D eigenvalue weighted by Crippen LogP contribution is -2.22. The zero-order valence-corrected chi connectivity index (χ0v) is 12.7. The number of nitrogens with zero attached hydrogens (tertiary/aromatic N) is 1. The van der Waals surface area contributed by atoms with E-state index in [1.165, 1.54) is 12.0 Å². The highest BCUT2D eigenvalue weighted by Gasteiger charge is 2.15. The third-order valence-corrected chi connectivity index (χ3v) is 3.57. The molecule has 0 aliphatic carbocycles. The van der Waals surface area contributed by atoms with E-state index in [0.29, 0.717) is 12.5 Å². The molecule has 0 radical (unpaired) electrons. The van der Waals surface area contributed by atoms with Crippen molar-refractivity contribution in [3.05, 3.63) is 53.7 Å². The Kier molecular flexibility index (Phi) is 5.96. The summed E-state index contributed by atoms with van der Waals surface area (Å²) in [5.41, 5.74) is 2.20. The molecule has 0 fully saturated rings. The Morgan fingerprint density at radius 2 is 2.00 bits per heavy atom. The Balaban J connectivity index is 2.03. The Labute approximate surface area is 126 Å². The van der Waals surface area contributed by atoms with E-state index in [9.17, 15) is 0 Å². The molecule has 1 unspecified atom stereocenters. The van der Waals surface area contributed by atoms with E-state index in [1.54, 1.807) is 0 Å². The van der Waals surface area contributed by atoms with E-state index < -0.39 is 0 Å². The molecule has 1 atom stereocenters.